The van der Waals surface area contributed by atoms with Gasteiger partial charge < -0.3 is 5.11 Å². The van der Waals surface area contributed by atoms with Crippen LogP contribution >= 0.6 is 11.6 Å². The molecule has 1 aromatic heterocycles. The zero-order chi connectivity index (χ0) is 13.2. The molecule has 19 heavy (non-hydrogen) atoms. The van der Waals surface area contributed by atoms with Crippen molar-refractivity contribution in [2.45, 2.75) is 6.42 Å². The third-order valence-corrected chi connectivity index (χ3v) is 3.81. The lowest BCUT2D eigenvalue weighted by Gasteiger charge is -2.25. The summed E-state index contributed by atoms with van der Waals surface area (Å²) in [4.78, 5) is 2.24. The van der Waals surface area contributed by atoms with Gasteiger partial charge in [-0.05, 0) is 18.1 Å². The fraction of sp³-hybridized carbons (Fsp3) is 0.357. The number of nitrogens with zero attached hydrogens (tertiary/aromatic N) is 2. The Hall–Kier alpha value is -1.36. The first-order valence-corrected chi connectivity index (χ1v) is 6.82. The fourth-order valence-corrected chi connectivity index (χ4v) is 2.78. The van der Waals surface area contributed by atoms with Gasteiger partial charge in [0, 0.05) is 25.0 Å². The van der Waals surface area contributed by atoms with Crippen molar-refractivity contribution in [2.24, 2.45) is 0 Å². The number of para-hydroxylation sites is 1. The second kappa shape index (κ2) is 5.33. The van der Waals surface area contributed by atoms with E-state index in [4.69, 9.17) is 16.7 Å². The summed E-state index contributed by atoms with van der Waals surface area (Å²) in [6.07, 6.45) is 3.22. The number of aromatic nitrogens is 2. The van der Waals surface area contributed by atoms with Gasteiger partial charge in [0.2, 0.25) is 0 Å². The summed E-state index contributed by atoms with van der Waals surface area (Å²) in [5.41, 5.74) is 3.06. The summed E-state index contributed by atoms with van der Waals surface area (Å²) in [5.74, 6) is 0. The quantitative estimate of drug-likeness (QED) is 0.905. The van der Waals surface area contributed by atoms with Gasteiger partial charge in [-0.1, -0.05) is 29.8 Å². The molecule has 2 aromatic rings. The number of aromatic amines is 1. The number of fused-ring (bicyclic) bond motifs is 1. The van der Waals surface area contributed by atoms with Crippen molar-refractivity contribution in [3.8, 4) is 0 Å². The van der Waals surface area contributed by atoms with Crippen LogP contribution in [0, 0.1) is 0 Å². The Morgan fingerprint density at radius 2 is 2.32 bits per heavy atom. The molecule has 3 rings (SSSR count). The molecule has 0 spiro atoms. The van der Waals surface area contributed by atoms with Gasteiger partial charge in [-0.25, -0.2) is 0 Å². The smallest absolute Gasteiger partial charge is 0.0969 e. The molecule has 0 bridgehead atoms. The molecule has 4 nitrogen and oxygen atoms in total. The van der Waals surface area contributed by atoms with Crippen LogP contribution < -0.4 is 0 Å². The Kier molecular flexibility index (Phi) is 3.55. The molecule has 0 saturated carbocycles. The minimum atomic E-state index is 0.195. The molecular weight excluding hydrogens is 262 g/mol. The number of hydrogen-bond donors (Lipinski definition) is 2. The second-order valence-corrected chi connectivity index (χ2v) is 5.16. The van der Waals surface area contributed by atoms with Crippen LogP contribution in [-0.4, -0.2) is 46.4 Å². The van der Waals surface area contributed by atoms with Crippen molar-refractivity contribution >= 4 is 28.1 Å². The van der Waals surface area contributed by atoms with Gasteiger partial charge in [-0.15, -0.1) is 0 Å². The van der Waals surface area contributed by atoms with Crippen LogP contribution in [0.1, 0.15) is 12.1 Å². The van der Waals surface area contributed by atoms with E-state index in [0.717, 1.165) is 36.1 Å². The first-order chi connectivity index (χ1) is 9.29. The zero-order valence-corrected chi connectivity index (χ0v) is 11.3. The molecule has 1 aromatic carbocycles. The minimum Gasteiger partial charge on any atom is -0.395 e. The number of nitrogens with one attached hydrogen (secondary N) is 1. The largest absolute Gasteiger partial charge is 0.395 e. The maximum atomic E-state index is 9.04. The van der Waals surface area contributed by atoms with Crippen LogP contribution in [0.15, 0.2) is 24.3 Å². The first kappa shape index (κ1) is 12.7. The van der Waals surface area contributed by atoms with E-state index in [2.05, 4.69) is 21.2 Å². The van der Waals surface area contributed by atoms with E-state index in [1.54, 1.807) is 0 Å². The predicted molar refractivity (Wildman–Crippen MR) is 77.2 cm³/mol. The number of H-pyrrole nitrogens is 1. The van der Waals surface area contributed by atoms with E-state index in [1.807, 2.05) is 18.2 Å². The topological polar surface area (TPSA) is 52.1 Å². The van der Waals surface area contributed by atoms with E-state index in [-0.39, 0.29) is 6.61 Å². The Labute approximate surface area is 116 Å². The molecule has 2 N–H and O–H groups in total. The van der Waals surface area contributed by atoms with E-state index >= 15 is 0 Å². The van der Waals surface area contributed by atoms with E-state index in [0.29, 0.717) is 11.6 Å². The maximum Gasteiger partial charge on any atom is 0.0969 e. The van der Waals surface area contributed by atoms with Gasteiger partial charge in [-0.2, -0.15) is 5.10 Å². The Morgan fingerprint density at radius 3 is 3.16 bits per heavy atom. The van der Waals surface area contributed by atoms with Crippen LogP contribution in [-0.2, 0) is 0 Å². The van der Waals surface area contributed by atoms with E-state index in [1.165, 1.54) is 5.57 Å². The van der Waals surface area contributed by atoms with Gasteiger partial charge in [0.1, 0.15) is 0 Å². The molecule has 0 fully saturated rings. The van der Waals surface area contributed by atoms with Crippen molar-refractivity contribution in [1.29, 1.82) is 0 Å². The summed E-state index contributed by atoms with van der Waals surface area (Å²) in [6.45, 7) is 2.72. The summed E-state index contributed by atoms with van der Waals surface area (Å²) in [7, 11) is 0. The Bertz CT molecular complexity index is 620. The third-order valence-electron chi connectivity index (χ3n) is 3.50. The lowest BCUT2D eigenvalue weighted by atomic mass is 10.0. The SMILES string of the molecule is OCCN1CCC=C(c2n[nH]c3c(Cl)cccc23)C1. The first-order valence-electron chi connectivity index (χ1n) is 6.45. The average Bonchev–Trinajstić information content (AvgIpc) is 2.85. The lowest BCUT2D eigenvalue weighted by molar-refractivity contribution is 0.209. The Morgan fingerprint density at radius 1 is 1.42 bits per heavy atom. The van der Waals surface area contributed by atoms with Crippen LogP contribution in [0.5, 0.6) is 0 Å². The average molecular weight is 278 g/mol. The molecule has 5 heteroatoms. The lowest BCUT2D eigenvalue weighted by Crippen LogP contribution is -2.32. The Balaban J connectivity index is 1.96. The van der Waals surface area contributed by atoms with Crippen LogP contribution in [0.3, 0.4) is 0 Å². The molecule has 0 saturated heterocycles. The van der Waals surface area contributed by atoms with Crippen molar-refractivity contribution in [2.75, 3.05) is 26.2 Å². The zero-order valence-electron chi connectivity index (χ0n) is 10.6. The van der Waals surface area contributed by atoms with Crippen molar-refractivity contribution in [1.82, 2.24) is 15.1 Å². The highest BCUT2D eigenvalue weighted by Gasteiger charge is 2.18. The van der Waals surface area contributed by atoms with Gasteiger partial charge in [0.25, 0.3) is 0 Å². The van der Waals surface area contributed by atoms with Crippen molar-refractivity contribution in [3.63, 3.8) is 0 Å². The fourth-order valence-electron chi connectivity index (χ4n) is 2.56. The standard InChI is InChI=1S/C14H16ClN3O/c15-12-5-1-4-11-13(16-17-14(11)12)10-3-2-6-18(9-10)7-8-19/h1,3-5,19H,2,6-9H2,(H,16,17). The number of benzene rings is 1. The third kappa shape index (κ3) is 2.39. The number of rotatable bonds is 3. The number of aliphatic hydroxyl groups is 1. The molecule has 0 unspecified atom stereocenters. The van der Waals surface area contributed by atoms with Gasteiger partial charge in [0.15, 0.2) is 0 Å². The molecule has 2 heterocycles. The molecule has 0 radical (unpaired) electrons. The molecule has 1 aliphatic rings. The number of hydrogen-bond acceptors (Lipinski definition) is 3. The highest BCUT2D eigenvalue weighted by atomic mass is 35.5. The van der Waals surface area contributed by atoms with Crippen molar-refractivity contribution < 1.29 is 5.11 Å². The number of β-amino-alcohol motifs (C(OH)–C–C–N with tert-alkyl or cyclic N) is 1. The van der Waals surface area contributed by atoms with Crippen LogP contribution in [0.4, 0.5) is 0 Å². The molecule has 100 valence electrons. The van der Waals surface area contributed by atoms with Gasteiger partial charge in [-0.3, -0.25) is 10.00 Å². The highest BCUT2D eigenvalue weighted by Crippen LogP contribution is 2.29. The highest BCUT2D eigenvalue weighted by molar-refractivity contribution is 6.35. The van der Waals surface area contributed by atoms with E-state index < -0.39 is 0 Å². The predicted octanol–water partition coefficient (Wildman–Crippen LogP) is 2.30. The normalized spacial score (nSPS) is 16.8. The minimum absolute atomic E-state index is 0.195. The van der Waals surface area contributed by atoms with Gasteiger partial charge in [0.05, 0.1) is 22.8 Å². The van der Waals surface area contributed by atoms with Crippen LogP contribution in [0.25, 0.3) is 16.5 Å². The summed E-state index contributed by atoms with van der Waals surface area (Å²) in [5, 5.41) is 18.2. The van der Waals surface area contributed by atoms with Crippen molar-refractivity contribution in [3.05, 3.63) is 35.0 Å². The van der Waals surface area contributed by atoms with Crippen LogP contribution in [0.2, 0.25) is 5.02 Å². The maximum absolute atomic E-state index is 9.04. The molecule has 0 amide bonds. The summed E-state index contributed by atoms with van der Waals surface area (Å²) < 4.78 is 0. The molecule has 0 aliphatic carbocycles. The number of halogens is 1. The second-order valence-electron chi connectivity index (χ2n) is 4.75. The molecule has 0 atom stereocenters. The summed E-state index contributed by atoms with van der Waals surface area (Å²) in [6, 6.07) is 5.84. The van der Waals surface area contributed by atoms with E-state index in [9.17, 15) is 0 Å². The monoisotopic (exact) mass is 277 g/mol. The van der Waals surface area contributed by atoms with Gasteiger partial charge >= 0.3 is 0 Å². The molecule has 1 aliphatic heterocycles. The number of aliphatic hydroxyl groups excluding tert-OH is 1. The molecular formula is C14H16ClN3O. The summed E-state index contributed by atoms with van der Waals surface area (Å²) >= 11 is 6.15.